The summed E-state index contributed by atoms with van der Waals surface area (Å²) in [5, 5.41) is 7.06. The van der Waals surface area contributed by atoms with Gasteiger partial charge < -0.3 is 20.3 Å². The molecular weight excluding hydrogens is 276 g/mol. The van der Waals surface area contributed by atoms with Gasteiger partial charge in [0.25, 0.3) is 0 Å². The predicted octanol–water partition coefficient (Wildman–Crippen LogP) is 1.70. The molecule has 5 nitrogen and oxygen atoms in total. The first-order valence-electron chi connectivity index (χ1n) is 8.79. The maximum absolute atomic E-state index is 5.26. The van der Waals surface area contributed by atoms with Crippen molar-refractivity contribution in [2.75, 3.05) is 54.0 Å². The number of ether oxygens (including phenoxy) is 1. The van der Waals surface area contributed by atoms with E-state index >= 15 is 0 Å². The summed E-state index contributed by atoms with van der Waals surface area (Å²) >= 11 is 0. The molecule has 1 aliphatic carbocycles. The van der Waals surface area contributed by atoms with Gasteiger partial charge in [0.2, 0.25) is 0 Å². The van der Waals surface area contributed by atoms with Crippen molar-refractivity contribution in [2.45, 2.75) is 38.5 Å². The predicted molar refractivity (Wildman–Crippen MR) is 92.4 cm³/mol. The van der Waals surface area contributed by atoms with Crippen molar-refractivity contribution in [1.82, 2.24) is 15.5 Å². The summed E-state index contributed by atoms with van der Waals surface area (Å²) in [7, 11) is 5.87. The highest BCUT2D eigenvalue weighted by molar-refractivity contribution is 5.79. The van der Waals surface area contributed by atoms with E-state index in [1.807, 2.05) is 7.05 Å². The normalized spacial score (nSPS) is 23.1. The Morgan fingerprint density at radius 2 is 2.00 bits per heavy atom. The van der Waals surface area contributed by atoms with Gasteiger partial charge in [-0.2, -0.15) is 0 Å². The minimum absolute atomic E-state index is 0.432. The van der Waals surface area contributed by atoms with Crippen molar-refractivity contribution in [3.05, 3.63) is 0 Å². The summed E-state index contributed by atoms with van der Waals surface area (Å²) in [4.78, 5) is 6.80. The summed E-state index contributed by atoms with van der Waals surface area (Å²) < 4.78 is 5.26. The van der Waals surface area contributed by atoms with Gasteiger partial charge in [0.05, 0.1) is 0 Å². The molecule has 5 heteroatoms. The molecule has 2 fully saturated rings. The highest BCUT2D eigenvalue weighted by Crippen LogP contribution is 2.43. The van der Waals surface area contributed by atoms with E-state index < -0.39 is 0 Å². The first-order valence-corrected chi connectivity index (χ1v) is 8.79. The van der Waals surface area contributed by atoms with E-state index in [1.165, 1.54) is 45.2 Å². The maximum Gasteiger partial charge on any atom is 0.191 e. The molecule has 0 unspecified atom stereocenters. The molecule has 0 bridgehead atoms. The van der Waals surface area contributed by atoms with Gasteiger partial charge in [-0.15, -0.1) is 0 Å². The highest BCUT2D eigenvalue weighted by atomic mass is 16.5. The van der Waals surface area contributed by atoms with Crippen LogP contribution in [0.1, 0.15) is 38.5 Å². The standard InChI is InChI=1S/C17H34N4O/c1-18-16(19-13-15-5-10-21(2)11-6-15)20-14-17(7-4-8-17)9-12-22-3/h15H,4-14H2,1-3H3,(H2,18,19,20). The molecule has 128 valence electrons. The van der Waals surface area contributed by atoms with Crippen molar-refractivity contribution in [3.8, 4) is 0 Å². The van der Waals surface area contributed by atoms with Crippen LogP contribution in [0.15, 0.2) is 4.99 Å². The molecule has 2 N–H and O–H groups in total. The van der Waals surface area contributed by atoms with Crippen LogP contribution in [-0.2, 0) is 4.74 Å². The number of likely N-dealkylation sites (tertiary alicyclic amines) is 1. The van der Waals surface area contributed by atoms with Gasteiger partial charge in [-0.05, 0) is 63.6 Å². The zero-order valence-corrected chi connectivity index (χ0v) is 14.7. The molecule has 0 atom stereocenters. The summed E-state index contributed by atoms with van der Waals surface area (Å²) in [6.45, 7) is 5.36. The second-order valence-electron chi connectivity index (χ2n) is 7.15. The van der Waals surface area contributed by atoms with Crippen LogP contribution in [0.5, 0.6) is 0 Å². The Balaban J connectivity index is 1.68. The number of rotatable bonds is 7. The molecular formula is C17H34N4O. The average molecular weight is 310 g/mol. The third-order valence-corrected chi connectivity index (χ3v) is 5.50. The highest BCUT2D eigenvalue weighted by Gasteiger charge is 2.36. The summed E-state index contributed by atoms with van der Waals surface area (Å²) in [5.41, 5.74) is 0.432. The molecule has 22 heavy (non-hydrogen) atoms. The lowest BCUT2D eigenvalue weighted by molar-refractivity contribution is 0.0732. The van der Waals surface area contributed by atoms with Crippen LogP contribution < -0.4 is 10.6 Å². The Kier molecular flexibility index (Phi) is 6.96. The number of methoxy groups -OCH3 is 1. The molecule has 0 aromatic rings. The SMILES string of the molecule is CN=C(NCC1CCN(C)CC1)NCC1(CCOC)CCC1. The van der Waals surface area contributed by atoms with Crippen LogP contribution in [-0.4, -0.2) is 64.9 Å². The van der Waals surface area contributed by atoms with E-state index in [0.29, 0.717) is 5.41 Å². The fraction of sp³-hybridized carbons (Fsp3) is 0.941. The van der Waals surface area contributed by atoms with Crippen molar-refractivity contribution in [3.63, 3.8) is 0 Å². The molecule has 0 aromatic heterocycles. The number of hydrogen-bond donors (Lipinski definition) is 2. The molecule has 0 amide bonds. The van der Waals surface area contributed by atoms with Crippen molar-refractivity contribution >= 4 is 5.96 Å². The zero-order valence-electron chi connectivity index (χ0n) is 14.7. The third-order valence-electron chi connectivity index (χ3n) is 5.50. The van der Waals surface area contributed by atoms with Crippen LogP contribution in [0.4, 0.5) is 0 Å². The van der Waals surface area contributed by atoms with E-state index in [1.54, 1.807) is 7.11 Å². The van der Waals surface area contributed by atoms with E-state index in [-0.39, 0.29) is 0 Å². The van der Waals surface area contributed by atoms with Crippen LogP contribution in [0.2, 0.25) is 0 Å². The largest absolute Gasteiger partial charge is 0.385 e. The molecule has 0 radical (unpaired) electrons. The number of nitrogens with zero attached hydrogens (tertiary/aromatic N) is 2. The molecule has 1 heterocycles. The number of aliphatic imine (C=N–C) groups is 1. The summed E-state index contributed by atoms with van der Waals surface area (Å²) in [6.07, 6.45) is 7.72. The Hall–Kier alpha value is -0.810. The Morgan fingerprint density at radius 1 is 1.27 bits per heavy atom. The Bertz CT molecular complexity index is 347. The number of guanidine groups is 1. The fourth-order valence-electron chi connectivity index (χ4n) is 3.51. The average Bonchev–Trinajstić information content (AvgIpc) is 2.50. The Labute approximate surface area is 135 Å². The van der Waals surface area contributed by atoms with Gasteiger partial charge in [-0.25, -0.2) is 0 Å². The molecule has 1 aliphatic heterocycles. The Morgan fingerprint density at radius 3 is 2.55 bits per heavy atom. The van der Waals surface area contributed by atoms with Gasteiger partial charge >= 0.3 is 0 Å². The van der Waals surface area contributed by atoms with Crippen molar-refractivity contribution in [2.24, 2.45) is 16.3 Å². The fourth-order valence-corrected chi connectivity index (χ4v) is 3.51. The second kappa shape index (κ2) is 8.73. The molecule has 1 saturated carbocycles. The minimum atomic E-state index is 0.432. The lowest BCUT2D eigenvalue weighted by Crippen LogP contribution is -2.48. The smallest absolute Gasteiger partial charge is 0.191 e. The van der Waals surface area contributed by atoms with Gasteiger partial charge in [0.15, 0.2) is 5.96 Å². The van der Waals surface area contributed by atoms with Crippen LogP contribution in [0, 0.1) is 11.3 Å². The van der Waals surface area contributed by atoms with Gasteiger partial charge in [0, 0.05) is 33.9 Å². The number of hydrogen-bond acceptors (Lipinski definition) is 3. The van der Waals surface area contributed by atoms with Crippen molar-refractivity contribution in [1.29, 1.82) is 0 Å². The zero-order chi connectivity index (χ0) is 15.8. The summed E-state index contributed by atoms with van der Waals surface area (Å²) in [6, 6.07) is 0. The van der Waals surface area contributed by atoms with Crippen LogP contribution in [0.3, 0.4) is 0 Å². The topological polar surface area (TPSA) is 48.9 Å². The monoisotopic (exact) mass is 310 g/mol. The molecule has 1 saturated heterocycles. The third kappa shape index (κ3) is 5.13. The summed E-state index contributed by atoms with van der Waals surface area (Å²) in [5.74, 6) is 1.74. The van der Waals surface area contributed by atoms with Gasteiger partial charge in [0.1, 0.15) is 0 Å². The number of nitrogens with one attached hydrogen (secondary N) is 2. The lowest BCUT2D eigenvalue weighted by Gasteiger charge is -2.42. The molecule has 0 spiro atoms. The van der Waals surface area contributed by atoms with E-state index in [4.69, 9.17) is 4.74 Å². The van der Waals surface area contributed by atoms with Crippen molar-refractivity contribution < 1.29 is 4.74 Å². The van der Waals surface area contributed by atoms with E-state index in [0.717, 1.165) is 38.0 Å². The quantitative estimate of drug-likeness (QED) is 0.555. The molecule has 2 rings (SSSR count). The van der Waals surface area contributed by atoms with Crippen LogP contribution >= 0.6 is 0 Å². The van der Waals surface area contributed by atoms with Gasteiger partial charge in [-0.3, -0.25) is 4.99 Å². The first kappa shape index (κ1) is 17.5. The van der Waals surface area contributed by atoms with Crippen LogP contribution in [0.25, 0.3) is 0 Å². The second-order valence-corrected chi connectivity index (χ2v) is 7.15. The minimum Gasteiger partial charge on any atom is -0.385 e. The van der Waals surface area contributed by atoms with Gasteiger partial charge in [-0.1, -0.05) is 6.42 Å². The molecule has 2 aliphatic rings. The maximum atomic E-state index is 5.26. The van der Waals surface area contributed by atoms with E-state index in [2.05, 4.69) is 27.6 Å². The number of piperidine rings is 1. The molecule has 0 aromatic carbocycles. The van der Waals surface area contributed by atoms with E-state index in [9.17, 15) is 0 Å². The lowest BCUT2D eigenvalue weighted by atomic mass is 9.67. The first-order chi connectivity index (χ1) is 10.7.